The molecule has 0 fully saturated rings. The topological polar surface area (TPSA) is 109 Å². The normalized spacial score (nSPS) is 10.5. The first-order valence-corrected chi connectivity index (χ1v) is 7.40. The van der Waals surface area contributed by atoms with Gasteiger partial charge in [-0.1, -0.05) is 42.5 Å². The van der Waals surface area contributed by atoms with Crippen molar-refractivity contribution in [3.05, 3.63) is 65.7 Å². The van der Waals surface area contributed by atoms with Gasteiger partial charge in [0.25, 0.3) is 5.91 Å². The molecule has 0 saturated carbocycles. The second kappa shape index (κ2) is 7.61. The van der Waals surface area contributed by atoms with Crippen LogP contribution in [0.1, 0.15) is 11.1 Å². The number of nitrogens with one attached hydrogen (secondary N) is 1. The first-order chi connectivity index (χ1) is 12.3. The van der Waals surface area contributed by atoms with Gasteiger partial charge < -0.3 is 0 Å². The third-order valence-electron chi connectivity index (χ3n) is 3.23. The maximum absolute atomic E-state index is 11.9. The molecule has 0 radical (unpaired) electrons. The summed E-state index contributed by atoms with van der Waals surface area (Å²) in [7, 11) is 0. The molecule has 122 valence electrons. The molecule has 8 nitrogen and oxygen atoms in total. The van der Waals surface area contributed by atoms with Crippen molar-refractivity contribution in [2.24, 2.45) is 5.10 Å². The van der Waals surface area contributed by atoms with Crippen molar-refractivity contribution in [3.8, 4) is 17.5 Å². The van der Waals surface area contributed by atoms with Crippen LogP contribution in [0, 0.1) is 11.3 Å². The molecule has 0 aliphatic heterocycles. The molecule has 0 bridgehead atoms. The van der Waals surface area contributed by atoms with E-state index in [0.29, 0.717) is 11.1 Å². The molecule has 0 aliphatic carbocycles. The summed E-state index contributed by atoms with van der Waals surface area (Å²) < 4.78 is 0. The van der Waals surface area contributed by atoms with Crippen molar-refractivity contribution in [3.63, 3.8) is 0 Å². The lowest BCUT2D eigenvalue weighted by Gasteiger charge is -1.98. The number of hydrogen-bond acceptors (Lipinski definition) is 6. The third kappa shape index (κ3) is 4.11. The number of carbonyl (C=O) groups is 1. The van der Waals surface area contributed by atoms with E-state index in [9.17, 15) is 4.79 Å². The molecule has 0 unspecified atom stereocenters. The van der Waals surface area contributed by atoms with Crippen LogP contribution in [0.15, 0.2) is 59.7 Å². The maximum Gasteiger partial charge on any atom is 0.263 e. The molecule has 1 aromatic heterocycles. The number of aromatic nitrogens is 4. The van der Waals surface area contributed by atoms with E-state index in [1.807, 2.05) is 30.3 Å². The van der Waals surface area contributed by atoms with Gasteiger partial charge in [-0.05, 0) is 22.9 Å². The van der Waals surface area contributed by atoms with Gasteiger partial charge in [0.2, 0.25) is 5.82 Å². The van der Waals surface area contributed by atoms with Crippen LogP contribution in [0.25, 0.3) is 11.4 Å². The average Bonchev–Trinajstić information content (AvgIpc) is 3.10. The molecular weight excluding hydrogens is 318 g/mol. The van der Waals surface area contributed by atoms with Gasteiger partial charge in [-0.15, -0.1) is 10.2 Å². The third-order valence-corrected chi connectivity index (χ3v) is 3.23. The summed E-state index contributed by atoms with van der Waals surface area (Å²) in [6, 6.07) is 18.4. The summed E-state index contributed by atoms with van der Waals surface area (Å²) in [6.07, 6.45) is 1.54. The molecule has 1 amide bonds. The van der Waals surface area contributed by atoms with Gasteiger partial charge >= 0.3 is 0 Å². The van der Waals surface area contributed by atoms with E-state index >= 15 is 0 Å². The number of benzene rings is 2. The molecule has 3 rings (SSSR count). The Morgan fingerprint density at radius 3 is 2.76 bits per heavy atom. The van der Waals surface area contributed by atoms with E-state index < -0.39 is 0 Å². The molecule has 25 heavy (non-hydrogen) atoms. The number of nitrogens with zero attached hydrogens (tertiary/aromatic N) is 6. The van der Waals surface area contributed by atoms with Crippen molar-refractivity contribution < 1.29 is 4.79 Å². The number of rotatable bonds is 5. The predicted octanol–water partition coefficient (Wildman–Crippen LogP) is 1.36. The van der Waals surface area contributed by atoms with E-state index in [2.05, 4.69) is 32.0 Å². The van der Waals surface area contributed by atoms with Gasteiger partial charge in [-0.25, -0.2) is 5.43 Å². The maximum atomic E-state index is 11.9. The van der Waals surface area contributed by atoms with Crippen molar-refractivity contribution in [1.82, 2.24) is 25.6 Å². The van der Waals surface area contributed by atoms with Crippen molar-refractivity contribution in [2.75, 3.05) is 0 Å². The van der Waals surface area contributed by atoms with E-state index in [0.717, 1.165) is 10.4 Å². The molecule has 1 heterocycles. The lowest BCUT2D eigenvalue weighted by Crippen LogP contribution is -2.24. The van der Waals surface area contributed by atoms with Crippen LogP contribution in [0.2, 0.25) is 0 Å². The Hall–Kier alpha value is -3.86. The van der Waals surface area contributed by atoms with Gasteiger partial charge in [0.1, 0.15) is 6.54 Å². The second-order valence-corrected chi connectivity index (χ2v) is 5.00. The number of tetrazole rings is 1. The number of carbonyl (C=O) groups excluding carboxylic acids is 1. The van der Waals surface area contributed by atoms with Crippen LogP contribution < -0.4 is 5.43 Å². The van der Waals surface area contributed by atoms with E-state index in [1.165, 1.54) is 0 Å². The summed E-state index contributed by atoms with van der Waals surface area (Å²) in [5.41, 5.74) is 4.28. The van der Waals surface area contributed by atoms with Crippen LogP contribution in [-0.2, 0) is 11.3 Å². The van der Waals surface area contributed by atoms with E-state index in [1.54, 1.807) is 30.5 Å². The fraction of sp³-hybridized carbons (Fsp3) is 0.0588. The Balaban J connectivity index is 1.62. The highest BCUT2D eigenvalue weighted by Gasteiger charge is 2.11. The molecule has 3 aromatic rings. The fourth-order valence-electron chi connectivity index (χ4n) is 2.08. The standard InChI is InChI=1S/C17H13N7O/c18-10-14-8-4-5-9-15(14)17-21-23-24(22-17)12-16(25)20-19-11-13-6-2-1-3-7-13/h1-9,11H,12H2,(H,20,25)/b19-11-. The molecule has 0 aliphatic rings. The molecule has 0 atom stereocenters. The van der Waals surface area contributed by atoms with Gasteiger partial charge in [0.05, 0.1) is 17.8 Å². The summed E-state index contributed by atoms with van der Waals surface area (Å²) in [5.74, 6) is -0.0950. The van der Waals surface area contributed by atoms with Gasteiger partial charge in [-0.3, -0.25) is 4.79 Å². The minimum absolute atomic E-state index is 0.131. The molecule has 1 N–H and O–H groups in total. The van der Waals surface area contributed by atoms with Gasteiger partial charge in [0, 0.05) is 5.56 Å². The van der Waals surface area contributed by atoms with Crippen LogP contribution in [0.5, 0.6) is 0 Å². The Morgan fingerprint density at radius 2 is 1.96 bits per heavy atom. The van der Waals surface area contributed by atoms with E-state index in [-0.39, 0.29) is 18.3 Å². The zero-order chi connectivity index (χ0) is 17.5. The lowest BCUT2D eigenvalue weighted by molar-refractivity contribution is -0.122. The first kappa shape index (κ1) is 16.0. The van der Waals surface area contributed by atoms with Crippen LogP contribution in [0.3, 0.4) is 0 Å². The molecule has 8 heteroatoms. The number of hydrogen-bond donors (Lipinski definition) is 1. The largest absolute Gasteiger partial charge is 0.271 e. The predicted molar refractivity (Wildman–Crippen MR) is 90.1 cm³/mol. The highest BCUT2D eigenvalue weighted by atomic mass is 16.2. The highest BCUT2D eigenvalue weighted by Crippen LogP contribution is 2.17. The quantitative estimate of drug-likeness (QED) is 0.561. The van der Waals surface area contributed by atoms with E-state index in [4.69, 9.17) is 5.26 Å². The average molecular weight is 331 g/mol. The zero-order valence-electron chi connectivity index (χ0n) is 13.1. The highest BCUT2D eigenvalue weighted by molar-refractivity contribution is 5.82. The second-order valence-electron chi connectivity index (χ2n) is 5.00. The Morgan fingerprint density at radius 1 is 1.20 bits per heavy atom. The number of amides is 1. The summed E-state index contributed by atoms with van der Waals surface area (Å²) in [6.45, 7) is -0.131. The number of nitriles is 1. The minimum Gasteiger partial charge on any atom is -0.271 e. The molecule has 0 saturated heterocycles. The van der Waals surface area contributed by atoms with Crippen molar-refractivity contribution in [2.45, 2.75) is 6.54 Å². The fourth-order valence-corrected chi connectivity index (χ4v) is 2.08. The monoisotopic (exact) mass is 331 g/mol. The summed E-state index contributed by atoms with van der Waals surface area (Å²) >= 11 is 0. The van der Waals surface area contributed by atoms with Crippen LogP contribution in [-0.4, -0.2) is 32.3 Å². The SMILES string of the molecule is N#Cc1ccccc1-c1nnn(CC(=O)N/N=C\c2ccccc2)n1. The first-order valence-electron chi connectivity index (χ1n) is 7.40. The minimum atomic E-state index is -0.385. The Bertz CT molecular complexity index is 941. The molecule has 2 aromatic carbocycles. The lowest BCUT2D eigenvalue weighted by atomic mass is 10.1. The van der Waals surface area contributed by atoms with Gasteiger partial charge in [-0.2, -0.15) is 15.2 Å². The molecule has 0 spiro atoms. The van der Waals surface area contributed by atoms with Crippen molar-refractivity contribution >= 4 is 12.1 Å². The van der Waals surface area contributed by atoms with Crippen LogP contribution >= 0.6 is 0 Å². The smallest absolute Gasteiger partial charge is 0.263 e. The number of hydrazone groups is 1. The Labute approximate surface area is 143 Å². The summed E-state index contributed by atoms with van der Waals surface area (Å²) in [5, 5.41) is 24.8. The zero-order valence-corrected chi connectivity index (χ0v) is 13.1. The van der Waals surface area contributed by atoms with Crippen LogP contribution in [0.4, 0.5) is 0 Å². The summed E-state index contributed by atoms with van der Waals surface area (Å²) in [4.78, 5) is 13.0. The Kier molecular flexibility index (Phi) is 4.87. The van der Waals surface area contributed by atoms with Crippen molar-refractivity contribution in [1.29, 1.82) is 5.26 Å². The van der Waals surface area contributed by atoms with Gasteiger partial charge in [0.15, 0.2) is 0 Å². The molecular formula is C17H13N7O.